The first kappa shape index (κ1) is 15.8. The van der Waals surface area contributed by atoms with Gasteiger partial charge in [-0.2, -0.15) is 0 Å². The number of aromatic nitrogens is 2. The van der Waals surface area contributed by atoms with Crippen LogP contribution in [0, 0.1) is 0 Å². The van der Waals surface area contributed by atoms with Crippen LogP contribution >= 0.6 is 11.3 Å². The van der Waals surface area contributed by atoms with Gasteiger partial charge in [-0.25, -0.2) is 9.97 Å². The second-order valence-electron chi connectivity index (χ2n) is 6.38. The van der Waals surface area contributed by atoms with Gasteiger partial charge in [0.1, 0.15) is 16.4 Å². The van der Waals surface area contributed by atoms with Gasteiger partial charge >= 0.3 is 0 Å². The molecule has 4 aromatic rings. The van der Waals surface area contributed by atoms with Crippen molar-refractivity contribution in [1.29, 1.82) is 0 Å². The Morgan fingerprint density at radius 3 is 2.60 bits per heavy atom. The van der Waals surface area contributed by atoms with Crippen molar-refractivity contribution in [2.45, 2.75) is 26.2 Å². The number of furan rings is 1. The van der Waals surface area contributed by atoms with Crippen molar-refractivity contribution >= 4 is 27.4 Å². The molecular formula is C20H19N3OS. The summed E-state index contributed by atoms with van der Waals surface area (Å²) in [6.45, 7) is 4.19. The minimum atomic E-state index is 0.328. The van der Waals surface area contributed by atoms with E-state index in [0.29, 0.717) is 23.3 Å². The molecule has 0 aliphatic carbocycles. The second kappa shape index (κ2) is 6.33. The Labute approximate surface area is 150 Å². The van der Waals surface area contributed by atoms with Crippen molar-refractivity contribution in [1.82, 2.24) is 9.97 Å². The van der Waals surface area contributed by atoms with Gasteiger partial charge in [-0.3, -0.25) is 0 Å². The van der Waals surface area contributed by atoms with E-state index in [0.717, 1.165) is 22.4 Å². The summed E-state index contributed by atoms with van der Waals surface area (Å²) in [5.41, 5.74) is 7.45. The van der Waals surface area contributed by atoms with Crippen molar-refractivity contribution in [3.05, 3.63) is 64.7 Å². The summed E-state index contributed by atoms with van der Waals surface area (Å²) in [6, 6.07) is 16.4. The van der Waals surface area contributed by atoms with Crippen molar-refractivity contribution < 1.29 is 4.42 Å². The average molecular weight is 349 g/mol. The number of benzene rings is 1. The van der Waals surface area contributed by atoms with Crippen LogP contribution in [0.1, 0.15) is 36.0 Å². The highest BCUT2D eigenvalue weighted by Gasteiger charge is 2.15. The standard InChI is InChI=1S/C20H19N3OS/c1-12(2)16-8-9-17(24-16)19-22-18(21)15-11-14(25-20(15)23-19)10-13-6-4-3-5-7-13/h3-9,11-12H,10H2,1-2H3,(H2,21,22,23). The fourth-order valence-electron chi connectivity index (χ4n) is 2.77. The van der Waals surface area contributed by atoms with Crippen LogP contribution in [0.15, 0.2) is 52.9 Å². The zero-order valence-electron chi connectivity index (χ0n) is 14.2. The summed E-state index contributed by atoms with van der Waals surface area (Å²) < 4.78 is 5.86. The van der Waals surface area contributed by atoms with Crippen LogP contribution < -0.4 is 5.73 Å². The summed E-state index contributed by atoms with van der Waals surface area (Å²) in [6.07, 6.45) is 0.870. The van der Waals surface area contributed by atoms with Gasteiger partial charge in [0.05, 0.1) is 5.39 Å². The summed E-state index contributed by atoms with van der Waals surface area (Å²) in [5.74, 6) is 2.96. The highest BCUT2D eigenvalue weighted by Crippen LogP contribution is 2.32. The molecule has 126 valence electrons. The second-order valence-corrected chi connectivity index (χ2v) is 7.50. The van der Waals surface area contributed by atoms with E-state index in [1.807, 2.05) is 18.2 Å². The van der Waals surface area contributed by atoms with Crippen molar-refractivity contribution in [3.63, 3.8) is 0 Å². The molecule has 0 atom stereocenters. The number of rotatable bonds is 4. The molecule has 0 saturated heterocycles. The minimum Gasteiger partial charge on any atom is -0.457 e. The lowest BCUT2D eigenvalue weighted by atomic mass is 10.1. The molecule has 0 aliphatic heterocycles. The molecule has 0 saturated carbocycles. The number of hydrogen-bond acceptors (Lipinski definition) is 5. The Morgan fingerprint density at radius 1 is 1.08 bits per heavy atom. The molecule has 0 amide bonds. The maximum Gasteiger partial charge on any atom is 0.199 e. The van der Waals surface area contributed by atoms with Crippen LogP contribution in [-0.4, -0.2) is 9.97 Å². The third-order valence-electron chi connectivity index (χ3n) is 4.11. The molecule has 25 heavy (non-hydrogen) atoms. The Hall–Kier alpha value is -2.66. The van der Waals surface area contributed by atoms with E-state index >= 15 is 0 Å². The Morgan fingerprint density at radius 2 is 1.88 bits per heavy atom. The average Bonchev–Trinajstić information content (AvgIpc) is 3.22. The predicted octanol–water partition coefficient (Wildman–Crippen LogP) is 5.25. The van der Waals surface area contributed by atoms with E-state index in [1.54, 1.807) is 11.3 Å². The molecule has 5 heteroatoms. The van der Waals surface area contributed by atoms with E-state index in [1.165, 1.54) is 10.4 Å². The van der Waals surface area contributed by atoms with E-state index in [2.05, 4.69) is 54.1 Å². The minimum absolute atomic E-state index is 0.328. The number of nitrogens with two attached hydrogens (primary N) is 1. The molecule has 0 radical (unpaired) electrons. The summed E-state index contributed by atoms with van der Waals surface area (Å²) in [4.78, 5) is 11.2. The van der Waals surface area contributed by atoms with Gasteiger partial charge in [0.15, 0.2) is 11.6 Å². The van der Waals surface area contributed by atoms with Gasteiger partial charge in [-0.1, -0.05) is 44.2 Å². The van der Waals surface area contributed by atoms with Crippen molar-refractivity contribution in [3.8, 4) is 11.6 Å². The Bertz CT molecular complexity index is 1020. The number of hydrogen-bond donors (Lipinski definition) is 1. The lowest BCUT2D eigenvalue weighted by Crippen LogP contribution is -1.95. The van der Waals surface area contributed by atoms with Crippen LogP contribution in [0.5, 0.6) is 0 Å². The molecule has 0 fully saturated rings. The van der Waals surface area contributed by atoms with Crippen LogP contribution in [-0.2, 0) is 6.42 Å². The highest BCUT2D eigenvalue weighted by molar-refractivity contribution is 7.18. The highest BCUT2D eigenvalue weighted by atomic mass is 32.1. The number of thiophene rings is 1. The SMILES string of the molecule is CC(C)c1ccc(-c2nc(N)c3cc(Cc4ccccc4)sc3n2)o1. The van der Waals surface area contributed by atoms with E-state index in [-0.39, 0.29) is 0 Å². The number of anilines is 1. The van der Waals surface area contributed by atoms with Crippen LogP contribution in [0.2, 0.25) is 0 Å². The number of nitrogen functional groups attached to an aromatic ring is 1. The zero-order valence-corrected chi connectivity index (χ0v) is 15.0. The lowest BCUT2D eigenvalue weighted by molar-refractivity contribution is 0.496. The molecule has 0 unspecified atom stereocenters. The van der Waals surface area contributed by atoms with Gasteiger partial charge in [0.25, 0.3) is 0 Å². The largest absolute Gasteiger partial charge is 0.457 e. The smallest absolute Gasteiger partial charge is 0.199 e. The summed E-state index contributed by atoms with van der Waals surface area (Å²) in [7, 11) is 0. The Balaban J connectivity index is 1.71. The molecular weight excluding hydrogens is 330 g/mol. The molecule has 0 bridgehead atoms. The third-order valence-corrected chi connectivity index (χ3v) is 5.14. The van der Waals surface area contributed by atoms with E-state index < -0.39 is 0 Å². The van der Waals surface area contributed by atoms with Crippen LogP contribution in [0.4, 0.5) is 5.82 Å². The molecule has 1 aromatic carbocycles. The fraction of sp³-hybridized carbons (Fsp3) is 0.200. The van der Waals surface area contributed by atoms with Crippen molar-refractivity contribution in [2.24, 2.45) is 0 Å². The van der Waals surface area contributed by atoms with E-state index in [9.17, 15) is 0 Å². The predicted molar refractivity (Wildman–Crippen MR) is 103 cm³/mol. The molecule has 3 aromatic heterocycles. The van der Waals surface area contributed by atoms with Gasteiger partial charge in [-0.05, 0) is 23.8 Å². The first-order chi connectivity index (χ1) is 12.1. The first-order valence-electron chi connectivity index (χ1n) is 8.30. The van der Waals surface area contributed by atoms with Gasteiger partial charge in [0.2, 0.25) is 0 Å². The summed E-state index contributed by atoms with van der Waals surface area (Å²) in [5, 5.41) is 0.912. The van der Waals surface area contributed by atoms with Gasteiger partial charge in [-0.15, -0.1) is 11.3 Å². The van der Waals surface area contributed by atoms with Crippen molar-refractivity contribution in [2.75, 3.05) is 5.73 Å². The quantitative estimate of drug-likeness (QED) is 0.546. The summed E-state index contributed by atoms with van der Waals surface area (Å²) >= 11 is 1.66. The molecule has 4 nitrogen and oxygen atoms in total. The molecule has 4 rings (SSSR count). The van der Waals surface area contributed by atoms with Gasteiger partial charge < -0.3 is 10.2 Å². The first-order valence-corrected chi connectivity index (χ1v) is 9.12. The third kappa shape index (κ3) is 3.15. The van der Waals surface area contributed by atoms with E-state index in [4.69, 9.17) is 10.2 Å². The number of nitrogens with zero attached hydrogens (tertiary/aromatic N) is 2. The Kier molecular flexibility index (Phi) is 4.01. The maximum absolute atomic E-state index is 6.18. The number of fused-ring (bicyclic) bond motifs is 1. The van der Waals surface area contributed by atoms with Crippen LogP contribution in [0.25, 0.3) is 21.8 Å². The lowest BCUT2D eigenvalue weighted by Gasteiger charge is -2.01. The fourth-order valence-corrected chi connectivity index (χ4v) is 3.84. The molecule has 3 heterocycles. The molecule has 0 spiro atoms. The monoisotopic (exact) mass is 349 g/mol. The zero-order chi connectivity index (χ0) is 17.4. The van der Waals surface area contributed by atoms with Crippen LogP contribution in [0.3, 0.4) is 0 Å². The maximum atomic E-state index is 6.18. The normalized spacial score (nSPS) is 11.5. The molecule has 0 aliphatic rings. The topological polar surface area (TPSA) is 64.9 Å². The van der Waals surface area contributed by atoms with Gasteiger partial charge in [0, 0.05) is 17.2 Å². The molecule has 2 N–H and O–H groups in total.